The third kappa shape index (κ3) is 2.13. The summed E-state index contributed by atoms with van der Waals surface area (Å²) in [6, 6.07) is 7.39. The van der Waals surface area contributed by atoms with E-state index in [-0.39, 0.29) is 0 Å². The minimum atomic E-state index is 0.421. The number of phenols is 1. The van der Waals surface area contributed by atoms with E-state index >= 15 is 0 Å². The van der Waals surface area contributed by atoms with Gasteiger partial charge in [-0.05, 0) is 61.9 Å². The van der Waals surface area contributed by atoms with E-state index in [2.05, 4.69) is 15.9 Å². The highest BCUT2D eigenvalue weighted by molar-refractivity contribution is 5.38. The van der Waals surface area contributed by atoms with Crippen molar-refractivity contribution in [2.45, 2.75) is 44.2 Å². The van der Waals surface area contributed by atoms with E-state index in [1.807, 2.05) is 12.1 Å². The molecule has 2 fully saturated rings. The number of piperazine rings is 1. The van der Waals surface area contributed by atoms with Crippen molar-refractivity contribution in [2.75, 3.05) is 26.2 Å². The van der Waals surface area contributed by atoms with Crippen LogP contribution < -0.4 is 0 Å². The van der Waals surface area contributed by atoms with Gasteiger partial charge in [0.15, 0.2) is 0 Å². The van der Waals surface area contributed by atoms with Crippen LogP contribution in [0, 0.1) is 0 Å². The van der Waals surface area contributed by atoms with Gasteiger partial charge >= 0.3 is 0 Å². The van der Waals surface area contributed by atoms with E-state index < -0.39 is 0 Å². The molecular weight excluding hydrogens is 248 g/mol. The molecule has 3 aliphatic rings. The second kappa shape index (κ2) is 5.05. The van der Waals surface area contributed by atoms with Crippen LogP contribution in [0.2, 0.25) is 0 Å². The fourth-order valence-electron chi connectivity index (χ4n) is 4.45. The average Bonchev–Trinajstić information content (AvgIpc) is 2.93. The summed E-state index contributed by atoms with van der Waals surface area (Å²) in [4.78, 5) is 5.39. The van der Waals surface area contributed by atoms with Crippen LogP contribution in [0.15, 0.2) is 18.2 Å². The Labute approximate surface area is 121 Å². The first-order valence-corrected chi connectivity index (χ1v) is 8.11. The molecular formula is C17H24N2O. The molecule has 0 spiro atoms. The molecule has 1 aromatic rings. The average molecular weight is 272 g/mol. The van der Waals surface area contributed by atoms with Gasteiger partial charge in [-0.25, -0.2) is 0 Å². The highest BCUT2D eigenvalue weighted by Crippen LogP contribution is 2.37. The van der Waals surface area contributed by atoms with Crippen molar-refractivity contribution in [3.05, 3.63) is 29.3 Å². The van der Waals surface area contributed by atoms with Gasteiger partial charge in [0.1, 0.15) is 5.75 Å². The molecule has 1 aromatic carbocycles. The smallest absolute Gasteiger partial charge is 0.115 e. The Morgan fingerprint density at radius 1 is 1.00 bits per heavy atom. The number of nitrogens with zero attached hydrogens (tertiary/aromatic N) is 2. The highest BCUT2D eigenvalue weighted by Gasteiger charge is 2.35. The Morgan fingerprint density at radius 3 is 2.85 bits per heavy atom. The van der Waals surface area contributed by atoms with Crippen LogP contribution in [0.25, 0.3) is 0 Å². The molecule has 0 bridgehead atoms. The molecule has 3 nitrogen and oxygen atoms in total. The maximum atomic E-state index is 9.69. The number of rotatable bonds is 1. The molecule has 0 saturated carbocycles. The van der Waals surface area contributed by atoms with E-state index in [1.54, 1.807) is 0 Å². The monoisotopic (exact) mass is 272 g/mol. The van der Waals surface area contributed by atoms with Crippen molar-refractivity contribution in [1.29, 1.82) is 0 Å². The van der Waals surface area contributed by atoms with Gasteiger partial charge in [0.05, 0.1) is 0 Å². The zero-order valence-electron chi connectivity index (χ0n) is 12.1. The van der Waals surface area contributed by atoms with Crippen LogP contribution in [-0.2, 0) is 6.42 Å². The standard InChI is InChI=1S/C17H24N2O/c20-15-6-7-16-13(11-15)3-1-5-17(16)19-10-9-18-8-2-4-14(18)12-19/h6-7,11,14,17,20H,1-5,8-10,12H2. The fourth-order valence-corrected chi connectivity index (χ4v) is 4.45. The highest BCUT2D eigenvalue weighted by atomic mass is 16.3. The molecule has 0 radical (unpaired) electrons. The van der Waals surface area contributed by atoms with Gasteiger partial charge in [-0.3, -0.25) is 9.80 Å². The van der Waals surface area contributed by atoms with Crippen LogP contribution in [0.3, 0.4) is 0 Å². The van der Waals surface area contributed by atoms with Gasteiger partial charge in [0, 0.05) is 31.7 Å². The summed E-state index contributed by atoms with van der Waals surface area (Å²) in [6.07, 6.45) is 6.43. The molecule has 4 rings (SSSR count). The Morgan fingerprint density at radius 2 is 1.90 bits per heavy atom. The quantitative estimate of drug-likeness (QED) is 0.851. The summed E-state index contributed by atoms with van der Waals surface area (Å²) in [7, 11) is 0. The van der Waals surface area contributed by atoms with Crippen molar-refractivity contribution < 1.29 is 5.11 Å². The lowest BCUT2D eigenvalue weighted by Crippen LogP contribution is -2.51. The van der Waals surface area contributed by atoms with Crippen molar-refractivity contribution in [2.24, 2.45) is 0 Å². The van der Waals surface area contributed by atoms with E-state index in [1.165, 1.54) is 63.0 Å². The number of phenolic OH excluding ortho intramolecular Hbond substituents is 1. The van der Waals surface area contributed by atoms with Gasteiger partial charge < -0.3 is 5.11 Å². The summed E-state index contributed by atoms with van der Waals surface area (Å²) in [5, 5.41) is 9.69. The summed E-state index contributed by atoms with van der Waals surface area (Å²) in [5.74, 6) is 0.421. The number of hydrogen-bond acceptors (Lipinski definition) is 3. The molecule has 2 atom stereocenters. The largest absolute Gasteiger partial charge is 0.508 e. The normalized spacial score (nSPS) is 31.0. The fraction of sp³-hybridized carbons (Fsp3) is 0.647. The molecule has 2 aliphatic heterocycles. The minimum Gasteiger partial charge on any atom is -0.508 e. The number of aryl methyl sites for hydroxylation is 1. The molecule has 0 amide bonds. The maximum Gasteiger partial charge on any atom is 0.115 e. The van der Waals surface area contributed by atoms with Gasteiger partial charge in [0.2, 0.25) is 0 Å². The van der Waals surface area contributed by atoms with Crippen LogP contribution in [0.5, 0.6) is 5.75 Å². The third-order valence-electron chi connectivity index (χ3n) is 5.47. The molecule has 2 unspecified atom stereocenters. The lowest BCUT2D eigenvalue weighted by Gasteiger charge is -2.43. The third-order valence-corrected chi connectivity index (χ3v) is 5.47. The van der Waals surface area contributed by atoms with Crippen molar-refractivity contribution in [3.63, 3.8) is 0 Å². The molecule has 20 heavy (non-hydrogen) atoms. The Bertz CT molecular complexity index is 502. The van der Waals surface area contributed by atoms with E-state index in [0.29, 0.717) is 11.8 Å². The first kappa shape index (κ1) is 12.7. The molecule has 108 valence electrons. The van der Waals surface area contributed by atoms with Crippen LogP contribution in [0.4, 0.5) is 0 Å². The Balaban J connectivity index is 1.58. The lowest BCUT2D eigenvalue weighted by atomic mass is 9.86. The van der Waals surface area contributed by atoms with Gasteiger partial charge in [-0.1, -0.05) is 6.07 Å². The predicted molar refractivity (Wildman–Crippen MR) is 80.0 cm³/mol. The van der Waals surface area contributed by atoms with E-state index in [0.717, 1.165) is 12.5 Å². The first-order chi connectivity index (χ1) is 9.81. The molecule has 2 saturated heterocycles. The van der Waals surface area contributed by atoms with Crippen molar-refractivity contribution in [1.82, 2.24) is 9.80 Å². The van der Waals surface area contributed by atoms with Crippen molar-refractivity contribution >= 4 is 0 Å². The molecule has 2 heterocycles. The topological polar surface area (TPSA) is 26.7 Å². The molecule has 0 aromatic heterocycles. The predicted octanol–water partition coefficient (Wildman–Crippen LogP) is 2.55. The minimum absolute atomic E-state index is 0.421. The van der Waals surface area contributed by atoms with E-state index in [9.17, 15) is 5.11 Å². The number of hydrogen-bond donors (Lipinski definition) is 1. The van der Waals surface area contributed by atoms with Crippen LogP contribution >= 0.6 is 0 Å². The molecule has 1 N–H and O–H groups in total. The summed E-state index contributed by atoms with van der Waals surface area (Å²) in [6.45, 7) is 5.01. The summed E-state index contributed by atoms with van der Waals surface area (Å²) >= 11 is 0. The lowest BCUT2D eigenvalue weighted by molar-refractivity contribution is 0.0647. The van der Waals surface area contributed by atoms with E-state index in [4.69, 9.17) is 0 Å². The second-order valence-electron chi connectivity index (χ2n) is 6.62. The Hall–Kier alpha value is -1.06. The number of aromatic hydroxyl groups is 1. The zero-order valence-corrected chi connectivity index (χ0v) is 12.1. The second-order valence-corrected chi connectivity index (χ2v) is 6.62. The van der Waals surface area contributed by atoms with Crippen LogP contribution in [0.1, 0.15) is 42.9 Å². The Kier molecular flexibility index (Phi) is 3.20. The SMILES string of the molecule is Oc1ccc2c(c1)CCCC2N1CCN2CCCC2C1. The maximum absolute atomic E-state index is 9.69. The van der Waals surface area contributed by atoms with Crippen molar-refractivity contribution in [3.8, 4) is 5.75 Å². The van der Waals surface area contributed by atoms with Gasteiger partial charge in [-0.2, -0.15) is 0 Å². The zero-order chi connectivity index (χ0) is 13.5. The number of fused-ring (bicyclic) bond motifs is 2. The van der Waals surface area contributed by atoms with Crippen LogP contribution in [-0.4, -0.2) is 47.1 Å². The van der Waals surface area contributed by atoms with Gasteiger partial charge in [-0.15, -0.1) is 0 Å². The molecule has 1 aliphatic carbocycles. The number of benzene rings is 1. The summed E-state index contributed by atoms with van der Waals surface area (Å²) in [5.41, 5.74) is 2.84. The van der Waals surface area contributed by atoms with Gasteiger partial charge in [0.25, 0.3) is 0 Å². The molecule has 3 heteroatoms. The summed E-state index contributed by atoms with van der Waals surface area (Å²) < 4.78 is 0. The first-order valence-electron chi connectivity index (χ1n) is 8.11.